The molecule has 0 aromatic heterocycles. The molecule has 7 heteroatoms. The van der Waals surface area contributed by atoms with Crippen LogP contribution in [-0.4, -0.2) is 5.92 Å². The van der Waals surface area contributed by atoms with Crippen LogP contribution in [0.5, 0.6) is 11.5 Å². The molecule has 160 valence electrons. The monoisotopic (exact) mass is 423 g/mol. The summed E-state index contributed by atoms with van der Waals surface area (Å²) in [4.78, 5) is 0. The standard InChI is InChI=1S/C20H14F5NO.C3H8/c1-10-2-3-14-18-15(20(24,25)19(14,22)23)4-5-16(17(10)18)27-13-7-11(9-26)6-12(21)8-13;1-3-2/h4-8,10,14H,2-3H2,1H3;3H2,1-2H3. The average Bonchev–Trinajstić information content (AvgIpc) is 2.82. The summed E-state index contributed by atoms with van der Waals surface area (Å²) in [6, 6.07) is 7.36. The van der Waals surface area contributed by atoms with Crippen molar-refractivity contribution in [1.82, 2.24) is 0 Å². The highest BCUT2D eigenvalue weighted by atomic mass is 19.3. The van der Waals surface area contributed by atoms with Crippen LogP contribution in [0.25, 0.3) is 0 Å². The minimum absolute atomic E-state index is 0.00795. The van der Waals surface area contributed by atoms with E-state index in [1.54, 1.807) is 13.0 Å². The molecule has 0 amide bonds. The van der Waals surface area contributed by atoms with E-state index in [1.165, 1.54) is 18.6 Å². The van der Waals surface area contributed by atoms with Crippen LogP contribution in [0.1, 0.15) is 74.1 Å². The molecule has 0 bridgehead atoms. The lowest BCUT2D eigenvalue weighted by Crippen LogP contribution is -2.37. The van der Waals surface area contributed by atoms with Crippen LogP contribution in [0.3, 0.4) is 0 Å². The van der Waals surface area contributed by atoms with Gasteiger partial charge in [0.25, 0.3) is 0 Å². The van der Waals surface area contributed by atoms with Gasteiger partial charge in [-0.15, -0.1) is 0 Å². The van der Waals surface area contributed by atoms with E-state index in [1.807, 2.05) is 0 Å². The van der Waals surface area contributed by atoms with Crippen molar-refractivity contribution in [1.29, 1.82) is 5.26 Å². The summed E-state index contributed by atoms with van der Waals surface area (Å²) in [6.45, 7) is 6.01. The Morgan fingerprint density at radius 3 is 2.37 bits per heavy atom. The van der Waals surface area contributed by atoms with Crippen LogP contribution in [0.4, 0.5) is 22.0 Å². The van der Waals surface area contributed by atoms with Gasteiger partial charge in [-0.05, 0) is 48.6 Å². The van der Waals surface area contributed by atoms with Crippen molar-refractivity contribution >= 4 is 0 Å². The number of halogens is 5. The second kappa shape index (κ2) is 7.90. The summed E-state index contributed by atoms with van der Waals surface area (Å²) < 4.78 is 76.7. The van der Waals surface area contributed by atoms with Crippen molar-refractivity contribution in [3.05, 3.63) is 58.4 Å². The third-order valence-electron chi connectivity index (χ3n) is 5.40. The molecular formula is C23H22F5NO. The van der Waals surface area contributed by atoms with Gasteiger partial charge in [0.1, 0.15) is 17.3 Å². The summed E-state index contributed by atoms with van der Waals surface area (Å²) >= 11 is 0. The van der Waals surface area contributed by atoms with Crippen LogP contribution in [0.15, 0.2) is 30.3 Å². The zero-order valence-electron chi connectivity index (χ0n) is 16.9. The fraction of sp³-hybridized carbons (Fsp3) is 0.435. The van der Waals surface area contributed by atoms with Crippen LogP contribution < -0.4 is 4.74 Å². The number of alkyl halides is 4. The predicted molar refractivity (Wildman–Crippen MR) is 103 cm³/mol. The van der Waals surface area contributed by atoms with Gasteiger partial charge in [0.05, 0.1) is 17.6 Å². The Labute approximate surface area is 172 Å². The smallest absolute Gasteiger partial charge is 0.336 e. The number of hydrogen-bond donors (Lipinski definition) is 0. The third-order valence-corrected chi connectivity index (χ3v) is 5.40. The van der Waals surface area contributed by atoms with Gasteiger partial charge < -0.3 is 4.74 Å². The molecule has 2 atom stereocenters. The summed E-state index contributed by atoms with van der Waals surface area (Å²) in [5, 5.41) is 8.94. The van der Waals surface area contributed by atoms with Gasteiger partial charge in [-0.2, -0.15) is 22.8 Å². The molecule has 30 heavy (non-hydrogen) atoms. The van der Waals surface area contributed by atoms with Gasteiger partial charge in [-0.25, -0.2) is 4.39 Å². The number of benzene rings is 2. The van der Waals surface area contributed by atoms with Gasteiger partial charge >= 0.3 is 11.8 Å². The quantitative estimate of drug-likeness (QED) is 0.465. The molecule has 0 N–H and O–H groups in total. The summed E-state index contributed by atoms with van der Waals surface area (Å²) in [6.07, 6.45) is 1.53. The summed E-state index contributed by atoms with van der Waals surface area (Å²) in [7, 11) is 0. The molecule has 0 heterocycles. The average molecular weight is 423 g/mol. The van der Waals surface area contributed by atoms with Crippen molar-refractivity contribution < 1.29 is 26.7 Å². The molecule has 0 aliphatic heterocycles. The lowest BCUT2D eigenvalue weighted by atomic mass is 9.77. The lowest BCUT2D eigenvalue weighted by Gasteiger charge is -2.31. The molecule has 2 aromatic carbocycles. The van der Waals surface area contributed by atoms with Gasteiger partial charge in [-0.1, -0.05) is 27.2 Å². The number of nitriles is 1. The van der Waals surface area contributed by atoms with Crippen molar-refractivity contribution in [2.24, 2.45) is 0 Å². The highest BCUT2D eigenvalue weighted by Gasteiger charge is 2.69. The Morgan fingerprint density at radius 2 is 1.73 bits per heavy atom. The van der Waals surface area contributed by atoms with E-state index < -0.39 is 29.1 Å². The molecule has 2 unspecified atom stereocenters. The zero-order valence-corrected chi connectivity index (χ0v) is 16.9. The fourth-order valence-electron chi connectivity index (χ4n) is 4.14. The first-order valence-corrected chi connectivity index (χ1v) is 9.89. The second-order valence-electron chi connectivity index (χ2n) is 7.76. The molecule has 0 saturated carbocycles. The molecule has 0 saturated heterocycles. The molecule has 2 aromatic rings. The molecule has 0 radical (unpaired) electrons. The van der Waals surface area contributed by atoms with E-state index in [9.17, 15) is 22.0 Å². The van der Waals surface area contributed by atoms with Crippen molar-refractivity contribution in [2.45, 2.75) is 63.7 Å². The number of hydrogen-bond acceptors (Lipinski definition) is 2. The largest absolute Gasteiger partial charge is 0.457 e. The van der Waals surface area contributed by atoms with E-state index in [4.69, 9.17) is 10.00 Å². The Kier molecular flexibility index (Phi) is 5.81. The van der Waals surface area contributed by atoms with Crippen LogP contribution in [0.2, 0.25) is 0 Å². The van der Waals surface area contributed by atoms with Gasteiger partial charge in [0, 0.05) is 17.2 Å². The van der Waals surface area contributed by atoms with Crippen LogP contribution in [0, 0.1) is 17.1 Å². The molecule has 4 rings (SSSR count). The fourth-order valence-corrected chi connectivity index (χ4v) is 4.14. The topological polar surface area (TPSA) is 33.0 Å². The molecular weight excluding hydrogens is 401 g/mol. The molecule has 0 fully saturated rings. The maximum absolute atomic E-state index is 14.4. The van der Waals surface area contributed by atoms with Crippen LogP contribution in [-0.2, 0) is 5.92 Å². The zero-order chi connectivity index (χ0) is 22.3. The normalized spacial score (nSPS) is 22.4. The van der Waals surface area contributed by atoms with E-state index in [-0.39, 0.29) is 35.0 Å². The Morgan fingerprint density at radius 1 is 1.07 bits per heavy atom. The minimum Gasteiger partial charge on any atom is -0.457 e. The first kappa shape index (κ1) is 22.1. The SMILES string of the molecule is CC1CCC2c3c(ccc(Oc4cc(F)cc(C#N)c4)c31)C(F)(F)C2(F)F.CCC. The van der Waals surface area contributed by atoms with Crippen molar-refractivity contribution in [3.63, 3.8) is 0 Å². The Hall–Kier alpha value is -2.62. The molecule has 2 nitrogen and oxygen atoms in total. The van der Waals surface area contributed by atoms with E-state index >= 15 is 0 Å². The van der Waals surface area contributed by atoms with Gasteiger partial charge in [0.15, 0.2) is 0 Å². The van der Waals surface area contributed by atoms with Crippen molar-refractivity contribution in [2.75, 3.05) is 0 Å². The highest BCUT2D eigenvalue weighted by molar-refractivity contribution is 5.57. The molecule has 2 aliphatic rings. The molecule has 0 spiro atoms. The Balaban J connectivity index is 0.000000806. The minimum atomic E-state index is -4.24. The van der Waals surface area contributed by atoms with Gasteiger partial charge in [-0.3, -0.25) is 0 Å². The van der Waals surface area contributed by atoms with E-state index in [0.717, 1.165) is 18.2 Å². The van der Waals surface area contributed by atoms with Crippen LogP contribution >= 0.6 is 0 Å². The van der Waals surface area contributed by atoms with E-state index in [0.29, 0.717) is 12.0 Å². The number of ether oxygens (including phenoxy) is 1. The maximum atomic E-state index is 14.4. The number of rotatable bonds is 2. The first-order valence-electron chi connectivity index (χ1n) is 9.89. The second-order valence-corrected chi connectivity index (χ2v) is 7.76. The van der Waals surface area contributed by atoms with Gasteiger partial charge in [0.2, 0.25) is 0 Å². The summed E-state index contributed by atoms with van der Waals surface area (Å²) in [5.41, 5.74) is -0.381. The van der Waals surface area contributed by atoms with Crippen molar-refractivity contribution in [3.8, 4) is 17.6 Å². The summed E-state index contributed by atoms with van der Waals surface area (Å²) in [5.74, 6) is -10.8. The maximum Gasteiger partial charge on any atom is 0.336 e. The first-order chi connectivity index (χ1) is 14.1. The van der Waals surface area contributed by atoms with E-state index in [2.05, 4.69) is 13.8 Å². The third kappa shape index (κ3) is 3.42. The number of nitrogens with zero attached hydrogens (tertiary/aromatic N) is 1. The Bertz CT molecular complexity index is 996. The molecule has 2 aliphatic carbocycles. The lowest BCUT2D eigenvalue weighted by molar-refractivity contribution is -0.216. The predicted octanol–water partition coefficient (Wildman–Crippen LogP) is 7.63. The highest BCUT2D eigenvalue weighted by Crippen LogP contribution is 2.64.